The highest BCUT2D eigenvalue weighted by Gasteiger charge is 2.22. The van der Waals surface area contributed by atoms with Crippen molar-refractivity contribution in [3.05, 3.63) is 0 Å². The number of carbonyl (C=O) groups excluding carboxylic acids is 3. The van der Waals surface area contributed by atoms with Crippen LogP contribution in [0, 0.1) is 11.3 Å². The molecule has 1 rings (SSSR count). The third kappa shape index (κ3) is 3.57. The Morgan fingerprint density at radius 1 is 1.44 bits per heavy atom. The summed E-state index contributed by atoms with van der Waals surface area (Å²) in [6, 6.07) is 1.58. The van der Waals surface area contributed by atoms with Gasteiger partial charge in [-0.3, -0.25) is 14.4 Å². The number of hydrogen-bond acceptors (Lipinski definition) is 4. The van der Waals surface area contributed by atoms with Crippen LogP contribution in [0.1, 0.15) is 12.8 Å². The summed E-state index contributed by atoms with van der Waals surface area (Å²) in [6.07, 6.45) is 1.10. The summed E-state index contributed by atoms with van der Waals surface area (Å²) in [5, 5.41) is 15.3. The van der Waals surface area contributed by atoms with E-state index in [9.17, 15) is 14.4 Å². The van der Waals surface area contributed by atoms with Gasteiger partial charge in [-0.1, -0.05) is 0 Å². The van der Waals surface area contributed by atoms with E-state index in [4.69, 9.17) is 5.26 Å². The molecule has 0 aromatic carbocycles. The van der Waals surface area contributed by atoms with Gasteiger partial charge >= 0.3 is 11.8 Å². The van der Waals surface area contributed by atoms with Crippen molar-refractivity contribution in [1.82, 2.24) is 16.0 Å². The van der Waals surface area contributed by atoms with Gasteiger partial charge in [0.15, 0.2) is 0 Å². The van der Waals surface area contributed by atoms with Crippen LogP contribution in [0.25, 0.3) is 0 Å². The Balaban J connectivity index is 2.22. The molecule has 0 bridgehead atoms. The van der Waals surface area contributed by atoms with E-state index in [2.05, 4.69) is 16.0 Å². The minimum Gasteiger partial charge on any atom is -0.352 e. The summed E-state index contributed by atoms with van der Waals surface area (Å²) in [7, 11) is 0. The van der Waals surface area contributed by atoms with E-state index in [1.165, 1.54) is 0 Å². The zero-order valence-corrected chi connectivity index (χ0v) is 8.58. The van der Waals surface area contributed by atoms with Gasteiger partial charge in [0.25, 0.3) is 0 Å². The molecule has 1 heterocycles. The topological polar surface area (TPSA) is 111 Å². The summed E-state index contributed by atoms with van der Waals surface area (Å²) in [5.74, 6) is -1.68. The molecular formula is C9H12N4O3. The number of carbonyl (C=O) groups is 3. The monoisotopic (exact) mass is 224 g/mol. The Morgan fingerprint density at radius 2 is 2.12 bits per heavy atom. The van der Waals surface area contributed by atoms with E-state index >= 15 is 0 Å². The summed E-state index contributed by atoms with van der Waals surface area (Å²) in [5.41, 5.74) is 0. The van der Waals surface area contributed by atoms with E-state index in [1.807, 2.05) is 0 Å². The van der Waals surface area contributed by atoms with E-state index in [-0.39, 0.29) is 25.0 Å². The number of hydrogen-bond donors (Lipinski definition) is 3. The zero-order chi connectivity index (χ0) is 12.0. The average molecular weight is 224 g/mol. The Hall–Kier alpha value is -2.10. The van der Waals surface area contributed by atoms with Crippen molar-refractivity contribution >= 4 is 17.7 Å². The molecule has 16 heavy (non-hydrogen) atoms. The Labute approximate surface area is 92.2 Å². The first-order chi connectivity index (χ1) is 7.63. The van der Waals surface area contributed by atoms with E-state index in [0.717, 1.165) is 0 Å². The minimum absolute atomic E-state index is 0.0480. The van der Waals surface area contributed by atoms with Gasteiger partial charge in [-0.2, -0.15) is 5.26 Å². The fraction of sp³-hybridized carbons (Fsp3) is 0.556. The van der Waals surface area contributed by atoms with Crippen LogP contribution in [0.15, 0.2) is 0 Å². The molecule has 0 spiro atoms. The second-order valence-corrected chi connectivity index (χ2v) is 3.35. The predicted molar refractivity (Wildman–Crippen MR) is 52.8 cm³/mol. The van der Waals surface area contributed by atoms with Gasteiger partial charge in [0, 0.05) is 19.0 Å². The lowest BCUT2D eigenvalue weighted by atomic mass is 10.2. The van der Waals surface area contributed by atoms with Crippen molar-refractivity contribution in [2.24, 2.45) is 0 Å². The van der Waals surface area contributed by atoms with Crippen LogP contribution in [-0.4, -0.2) is 36.9 Å². The number of nitrogens with one attached hydrogen (secondary N) is 3. The van der Waals surface area contributed by atoms with Gasteiger partial charge in [0.2, 0.25) is 5.91 Å². The molecule has 1 saturated heterocycles. The van der Waals surface area contributed by atoms with Crippen LogP contribution >= 0.6 is 0 Å². The molecule has 0 aliphatic carbocycles. The molecule has 1 aliphatic heterocycles. The van der Waals surface area contributed by atoms with Crippen LogP contribution < -0.4 is 16.0 Å². The number of rotatable bonds is 3. The molecule has 7 heteroatoms. The van der Waals surface area contributed by atoms with Gasteiger partial charge in [-0.15, -0.1) is 0 Å². The summed E-state index contributed by atoms with van der Waals surface area (Å²) < 4.78 is 0. The predicted octanol–water partition coefficient (Wildman–Crippen LogP) is -1.98. The molecule has 0 radical (unpaired) electrons. The quantitative estimate of drug-likeness (QED) is 0.381. The molecule has 1 atom stereocenters. The largest absolute Gasteiger partial charge is 0.352 e. The van der Waals surface area contributed by atoms with Crippen LogP contribution in [0.5, 0.6) is 0 Å². The molecule has 3 amide bonds. The molecule has 0 aromatic heterocycles. The second kappa shape index (κ2) is 5.70. The van der Waals surface area contributed by atoms with Crippen LogP contribution in [0.3, 0.4) is 0 Å². The number of nitriles is 1. The first-order valence-electron chi connectivity index (χ1n) is 4.86. The van der Waals surface area contributed by atoms with Crippen LogP contribution in [-0.2, 0) is 14.4 Å². The van der Waals surface area contributed by atoms with Crippen LogP contribution in [0.2, 0.25) is 0 Å². The molecule has 1 unspecified atom stereocenters. The molecule has 86 valence electrons. The normalized spacial score (nSPS) is 18.4. The highest BCUT2D eigenvalue weighted by Crippen LogP contribution is 2.04. The molecule has 0 aromatic rings. The maximum atomic E-state index is 11.1. The third-order valence-electron chi connectivity index (χ3n) is 2.13. The van der Waals surface area contributed by atoms with Gasteiger partial charge in [-0.05, 0) is 6.42 Å². The first-order valence-corrected chi connectivity index (χ1v) is 4.86. The lowest BCUT2D eigenvalue weighted by Crippen LogP contribution is -2.45. The lowest BCUT2D eigenvalue weighted by molar-refractivity contribution is -0.139. The van der Waals surface area contributed by atoms with Crippen LogP contribution in [0.4, 0.5) is 0 Å². The van der Waals surface area contributed by atoms with Crippen molar-refractivity contribution in [3.8, 4) is 6.07 Å². The second-order valence-electron chi connectivity index (χ2n) is 3.35. The van der Waals surface area contributed by atoms with E-state index in [0.29, 0.717) is 12.8 Å². The van der Waals surface area contributed by atoms with Gasteiger partial charge in [-0.25, -0.2) is 0 Å². The maximum Gasteiger partial charge on any atom is 0.310 e. The number of amides is 3. The van der Waals surface area contributed by atoms with Crippen molar-refractivity contribution in [3.63, 3.8) is 0 Å². The molecule has 7 nitrogen and oxygen atoms in total. The highest BCUT2D eigenvalue weighted by molar-refractivity contribution is 6.35. The highest BCUT2D eigenvalue weighted by atomic mass is 16.2. The smallest absolute Gasteiger partial charge is 0.310 e. The Morgan fingerprint density at radius 3 is 2.69 bits per heavy atom. The average Bonchev–Trinajstić information content (AvgIpc) is 2.68. The fourth-order valence-corrected chi connectivity index (χ4v) is 1.33. The maximum absolute atomic E-state index is 11.1. The molecule has 1 aliphatic rings. The fourth-order valence-electron chi connectivity index (χ4n) is 1.33. The standard InChI is InChI=1S/C9H12N4O3/c10-3-4-11-8(15)9(16)12-5-6-1-2-7(14)13-6/h6H,1-2,4-5H2,(H,11,15)(H,12,16)(H,13,14). The summed E-state index contributed by atoms with van der Waals surface area (Å²) in [6.45, 7) is 0.0248. The van der Waals surface area contributed by atoms with Crippen molar-refractivity contribution < 1.29 is 14.4 Å². The Kier molecular flexibility index (Phi) is 4.27. The van der Waals surface area contributed by atoms with Crippen molar-refractivity contribution in [1.29, 1.82) is 5.26 Å². The van der Waals surface area contributed by atoms with Gasteiger partial charge in [0.05, 0.1) is 6.07 Å². The minimum atomic E-state index is -0.842. The molecular weight excluding hydrogens is 212 g/mol. The summed E-state index contributed by atoms with van der Waals surface area (Å²) >= 11 is 0. The first kappa shape index (κ1) is 12.0. The van der Waals surface area contributed by atoms with Crippen molar-refractivity contribution in [2.45, 2.75) is 18.9 Å². The Bertz CT molecular complexity index is 347. The molecule has 0 saturated carbocycles. The molecule has 3 N–H and O–H groups in total. The van der Waals surface area contributed by atoms with Crippen molar-refractivity contribution in [2.75, 3.05) is 13.1 Å². The van der Waals surface area contributed by atoms with E-state index in [1.54, 1.807) is 6.07 Å². The van der Waals surface area contributed by atoms with Gasteiger partial charge < -0.3 is 16.0 Å². The lowest BCUT2D eigenvalue weighted by Gasteiger charge is -2.10. The SMILES string of the molecule is N#CCNC(=O)C(=O)NCC1CCC(=O)N1. The number of nitrogens with zero attached hydrogens (tertiary/aromatic N) is 1. The summed E-state index contributed by atoms with van der Waals surface area (Å²) in [4.78, 5) is 33.0. The van der Waals surface area contributed by atoms with E-state index < -0.39 is 11.8 Å². The zero-order valence-electron chi connectivity index (χ0n) is 8.58. The third-order valence-corrected chi connectivity index (χ3v) is 2.13. The molecule has 1 fully saturated rings. The van der Waals surface area contributed by atoms with Gasteiger partial charge in [0.1, 0.15) is 6.54 Å².